The number of rotatable bonds is 4. The summed E-state index contributed by atoms with van der Waals surface area (Å²) in [6, 6.07) is 19.5. The lowest BCUT2D eigenvalue weighted by molar-refractivity contribution is -0.137. The van der Waals surface area contributed by atoms with Crippen LogP contribution >= 0.6 is 0 Å². The van der Waals surface area contributed by atoms with E-state index in [2.05, 4.69) is 4.98 Å². The molecule has 1 aromatic heterocycles. The van der Waals surface area contributed by atoms with E-state index in [1.807, 2.05) is 60.7 Å². The summed E-state index contributed by atoms with van der Waals surface area (Å²) in [4.78, 5) is 15.5. The predicted molar refractivity (Wildman–Crippen MR) is 80.7 cm³/mol. The summed E-state index contributed by atoms with van der Waals surface area (Å²) in [6.45, 7) is -0.107. The van der Waals surface area contributed by atoms with Crippen LogP contribution in [0.25, 0.3) is 22.5 Å². The monoisotopic (exact) mass is 278 g/mol. The molecular weight excluding hydrogens is 264 g/mol. The van der Waals surface area contributed by atoms with Gasteiger partial charge in [0.25, 0.3) is 0 Å². The molecule has 1 heterocycles. The summed E-state index contributed by atoms with van der Waals surface area (Å²) in [6.07, 6.45) is 1.58. The van der Waals surface area contributed by atoms with Gasteiger partial charge in [-0.2, -0.15) is 0 Å². The number of benzene rings is 2. The van der Waals surface area contributed by atoms with Crippen LogP contribution in [-0.4, -0.2) is 20.6 Å². The Balaban J connectivity index is 2.18. The second kappa shape index (κ2) is 5.63. The van der Waals surface area contributed by atoms with E-state index in [0.29, 0.717) is 0 Å². The smallest absolute Gasteiger partial charge is 0.323 e. The lowest BCUT2D eigenvalue weighted by Crippen LogP contribution is -2.09. The summed E-state index contributed by atoms with van der Waals surface area (Å²) in [5.74, 6) is -0.885. The highest BCUT2D eigenvalue weighted by Gasteiger charge is 2.15. The summed E-state index contributed by atoms with van der Waals surface area (Å²) < 4.78 is 1.67. The third kappa shape index (κ3) is 2.69. The van der Waals surface area contributed by atoms with Gasteiger partial charge < -0.3 is 9.67 Å². The van der Waals surface area contributed by atoms with Gasteiger partial charge in [0, 0.05) is 11.1 Å². The Morgan fingerprint density at radius 2 is 1.52 bits per heavy atom. The van der Waals surface area contributed by atoms with Crippen molar-refractivity contribution in [3.8, 4) is 22.5 Å². The molecule has 3 rings (SSSR count). The van der Waals surface area contributed by atoms with Crippen molar-refractivity contribution in [2.45, 2.75) is 6.54 Å². The van der Waals surface area contributed by atoms with Crippen LogP contribution in [-0.2, 0) is 11.3 Å². The number of aliphatic carboxylic acids is 1. The van der Waals surface area contributed by atoms with Gasteiger partial charge >= 0.3 is 5.97 Å². The van der Waals surface area contributed by atoms with Crippen molar-refractivity contribution in [2.24, 2.45) is 0 Å². The molecule has 0 amide bonds. The van der Waals surface area contributed by atoms with Gasteiger partial charge in [-0.3, -0.25) is 4.79 Å². The molecule has 0 unspecified atom stereocenters. The van der Waals surface area contributed by atoms with E-state index >= 15 is 0 Å². The minimum absolute atomic E-state index is 0.107. The van der Waals surface area contributed by atoms with Gasteiger partial charge in [-0.15, -0.1) is 0 Å². The maximum atomic E-state index is 11.0. The quantitative estimate of drug-likeness (QED) is 0.796. The minimum Gasteiger partial charge on any atom is -0.480 e. The molecule has 21 heavy (non-hydrogen) atoms. The Morgan fingerprint density at radius 1 is 0.952 bits per heavy atom. The van der Waals surface area contributed by atoms with Gasteiger partial charge in [0.2, 0.25) is 0 Å². The highest BCUT2D eigenvalue weighted by Crippen LogP contribution is 2.30. The molecule has 0 fully saturated rings. The zero-order chi connectivity index (χ0) is 14.7. The van der Waals surface area contributed by atoms with Gasteiger partial charge in [-0.25, -0.2) is 4.98 Å². The van der Waals surface area contributed by atoms with Crippen LogP contribution in [0.4, 0.5) is 0 Å². The largest absolute Gasteiger partial charge is 0.480 e. The number of imidazole rings is 1. The standard InChI is InChI=1S/C17H14N2O2/c20-15(21)11-19-12-18-16(13-7-3-1-4-8-13)17(19)14-9-5-2-6-10-14/h1-10,12H,11H2,(H,20,21). The highest BCUT2D eigenvalue weighted by molar-refractivity contribution is 5.79. The van der Waals surface area contributed by atoms with Gasteiger partial charge in [0.15, 0.2) is 0 Å². The zero-order valence-corrected chi connectivity index (χ0v) is 11.3. The second-order valence-electron chi connectivity index (χ2n) is 4.70. The van der Waals surface area contributed by atoms with Crippen molar-refractivity contribution >= 4 is 5.97 Å². The van der Waals surface area contributed by atoms with Crippen molar-refractivity contribution in [2.75, 3.05) is 0 Å². The number of carboxylic acid groups (broad SMARTS) is 1. The van der Waals surface area contributed by atoms with Crippen LogP contribution in [0.5, 0.6) is 0 Å². The summed E-state index contributed by atoms with van der Waals surface area (Å²) in [7, 11) is 0. The van der Waals surface area contributed by atoms with Crippen molar-refractivity contribution < 1.29 is 9.90 Å². The fourth-order valence-corrected chi connectivity index (χ4v) is 2.35. The van der Waals surface area contributed by atoms with Crippen molar-refractivity contribution in [1.82, 2.24) is 9.55 Å². The maximum absolute atomic E-state index is 11.0. The van der Waals surface area contributed by atoms with E-state index < -0.39 is 5.97 Å². The average Bonchev–Trinajstić information content (AvgIpc) is 2.92. The van der Waals surface area contributed by atoms with Gasteiger partial charge in [0.1, 0.15) is 6.54 Å². The SMILES string of the molecule is O=C(O)Cn1cnc(-c2ccccc2)c1-c1ccccc1. The van der Waals surface area contributed by atoms with Gasteiger partial charge in [0.05, 0.1) is 17.7 Å². The normalized spacial score (nSPS) is 10.5. The molecule has 0 spiro atoms. The zero-order valence-electron chi connectivity index (χ0n) is 11.3. The number of nitrogens with zero attached hydrogens (tertiary/aromatic N) is 2. The lowest BCUT2D eigenvalue weighted by atomic mass is 10.0. The Hall–Kier alpha value is -2.88. The molecule has 4 nitrogen and oxygen atoms in total. The molecule has 0 aliphatic carbocycles. The molecule has 4 heteroatoms. The van der Waals surface area contributed by atoms with E-state index in [0.717, 1.165) is 22.5 Å². The van der Waals surface area contributed by atoms with E-state index in [9.17, 15) is 4.79 Å². The summed E-state index contributed by atoms with van der Waals surface area (Å²) in [5, 5.41) is 9.07. The van der Waals surface area contributed by atoms with Crippen LogP contribution < -0.4 is 0 Å². The van der Waals surface area contributed by atoms with Gasteiger partial charge in [-0.05, 0) is 0 Å². The Morgan fingerprint density at radius 3 is 2.10 bits per heavy atom. The van der Waals surface area contributed by atoms with E-state index in [4.69, 9.17) is 5.11 Å². The highest BCUT2D eigenvalue weighted by atomic mass is 16.4. The fraction of sp³-hybridized carbons (Fsp3) is 0.0588. The fourth-order valence-electron chi connectivity index (χ4n) is 2.35. The van der Waals surface area contributed by atoms with Crippen LogP contribution in [0.1, 0.15) is 0 Å². The molecule has 3 aromatic rings. The first-order valence-corrected chi connectivity index (χ1v) is 6.63. The molecule has 0 aliphatic rings. The molecular formula is C17H14N2O2. The van der Waals surface area contributed by atoms with Crippen LogP contribution in [0.2, 0.25) is 0 Å². The molecule has 0 radical (unpaired) electrons. The van der Waals surface area contributed by atoms with E-state index in [-0.39, 0.29) is 6.54 Å². The Labute approximate surface area is 122 Å². The van der Waals surface area contributed by atoms with E-state index in [1.165, 1.54) is 0 Å². The number of aromatic nitrogens is 2. The second-order valence-corrected chi connectivity index (χ2v) is 4.70. The molecule has 0 aliphatic heterocycles. The lowest BCUT2D eigenvalue weighted by Gasteiger charge is -2.08. The van der Waals surface area contributed by atoms with Gasteiger partial charge in [-0.1, -0.05) is 60.7 Å². The summed E-state index contributed by atoms with van der Waals surface area (Å²) >= 11 is 0. The topological polar surface area (TPSA) is 55.1 Å². The number of hydrogen-bond acceptors (Lipinski definition) is 2. The third-order valence-electron chi connectivity index (χ3n) is 3.24. The Bertz CT molecular complexity index is 749. The third-order valence-corrected chi connectivity index (χ3v) is 3.24. The van der Waals surface area contributed by atoms with E-state index in [1.54, 1.807) is 10.9 Å². The first-order valence-electron chi connectivity index (χ1n) is 6.63. The van der Waals surface area contributed by atoms with Crippen LogP contribution in [0.15, 0.2) is 67.0 Å². The molecule has 0 bridgehead atoms. The molecule has 2 aromatic carbocycles. The molecule has 1 N–H and O–H groups in total. The molecule has 0 atom stereocenters. The minimum atomic E-state index is -0.885. The van der Waals surface area contributed by atoms with Crippen molar-refractivity contribution in [3.05, 3.63) is 67.0 Å². The van der Waals surface area contributed by atoms with Crippen molar-refractivity contribution in [1.29, 1.82) is 0 Å². The van der Waals surface area contributed by atoms with Crippen LogP contribution in [0, 0.1) is 0 Å². The molecule has 104 valence electrons. The maximum Gasteiger partial charge on any atom is 0.323 e. The van der Waals surface area contributed by atoms with Crippen molar-refractivity contribution in [3.63, 3.8) is 0 Å². The number of hydrogen-bond donors (Lipinski definition) is 1. The number of carbonyl (C=O) groups is 1. The first kappa shape index (κ1) is 13.1. The number of carboxylic acids is 1. The average molecular weight is 278 g/mol. The molecule has 0 saturated carbocycles. The predicted octanol–water partition coefficient (Wildman–Crippen LogP) is 3.30. The summed E-state index contributed by atoms with van der Waals surface area (Å²) in [5.41, 5.74) is 3.54. The Kier molecular flexibility index (Phi) is 3.51. The first-order chi connectivity index (χ1) is 10.3. The molecule has 0 saturated heterocycles. The van der Waals surface area contributed by atoms with Crippen LogP contribution in [0.3, 0.4) is 0 Å².